The quantitative estimate of drug-likeness (QED) is 0.626. The Bertz CT molecular complexity index is 212. The molecule has 7 heteroatoms. The normalized spacial score (nSPS) is 18.4. The van der Waals surface area contributed by atoms with E-state index < -0.39 is 11.6 Å². The van der Waals surface area contributed by atoms with Gasteiger partial charge in [0.25, 0.3) is 0 Å². The summed E-state index contributed by atoms with van der Waals surface area (Å²) >= 11 is -0.0601. The largest absolute Gasteiger partial charge is 0.441 e. The van der Waals surface area contributed by atoms with Gasteiger partial charge in [0, 0.05) is 25.4 Å². The highest BCUT2D eigenvalue weighted by molar-refractivity contribution is 8.00. The van der Waals surface area contributed by atoms with Crippen molar-refractivity contribution in [2.45, 2.75) is 24.5 Å². The van der Waals surface area contributed by atoms with Crippen LogP contribution in [0.15, 0.2) is 0 Å². The number of nitrogens with one attached hydrogen (secondary N) is 1. The average Bonchev–Trinajstić information content (AvgIpc) is 2.99. The van der Waals surface area contributed by atoms with Crippen molar-refractivity contribution in [3.05, 3.63) is 0 Å². The topological polar surface area (TPSA) is 41.5 Å². The maximum Gasteiger partial charge on any atom is 0.441 e. The predicted molar refractivity (Wildman–Crippen MR) is 60.9 cm³/mol. The van der Waals surface area contributed by atoms with Gasteiger partial charge >= 0.3 is 5.51 Å². The monoisotopic (exact) mass is 273 g/mol. The Labute approximate surface area is 103 Å². The smallest absolute Gasteiger partial charge is 0.389 e. The summed E-state index contributed by atoms with van der Waals surface area (Å²) < 4.78 is 40.5. The molecule has 0 heterocycles. The first-order chi connectivity index (χ1) is 7.97. The van der Waals surface area contributed by atoms with Crippen LogP contribution in [0.5, 0.6) is 0 Å². The average molecular weight is 273 g/mol. The van der Waals surface area contributed by atoms with Crippen LogP contribution >= 0.6 is 11.8 Å². The molecular weight excluding hydrogens is 255 g/mol. The Hall–Kier alpha value is 0.0200. The number of alkyl halides is 3. The van der Waals surface area contributed by atoms with Crippen LogP contribution in [0, 0.1) is 5.92 Å². The van der Waals surface area contributed by atoms with Gasteiger partial charge in [-0.1, -0.05) is 0 Å². The highest BCUT2D eigenvalue weighted by Crippen LogP contribution is 2.29. The van der Waals surface area contributed by atoms with Gasteiger partial charge in [0.05, 0.1) is 12.7 Å². The molecule has 1 aliphatic rings. The predicted octanol–water partition coefficient (Wildman–Crippen LogP) is 1.62. The molecule has 0 aromatic heterocycles. The summed E-state index contributed by atoms with van der Waals surface area (Å²) in [7, 11) is 0. The van der Waals surface area contributed by atoms with Crippen molar-refractivity contribution in [3.8, 4) is 0 Å². The van der Waals surface area contributed by atoms with E-state index in [9.17, 15) is 18.3 Å². The fourth-order valence-corrected chi connectivity index (χ4v) is 1.70. The van der Waals surface area contributed by atoms with Gasteiger partial charge in [0.15, 0.2) is 0 Å². The minimum atomic E-state index is -4.17. The number of hydrogen-bond donors (Lipinski definition) is 2. The van der Waals surface area contributed by atoms with Gasteiger partial charge in [-0.05, 0) is 30.5 Å². The highest BCUT2D eigenvalue weighted by atomic mass is 32.2. The molecule has 3 nitrogen and oxygen atoms in total. The summed E-state index contributed by atoms with van der Waals surface area (Å²) in [4.78, 5) is 0. The Kier molecular flexibility index (Phi) is 6.61. The zero-order valence-electron chi connectivity index (χ0n) is 9.50. The lowest BCUT2D eigenvalue weighted by Crippen LogP contribution is -2.32. The molecule has 1 saturated carbocycles. The Morgan fingerprint density at radius 2 is 2.12 bits per heavy atom. The van der Waals surface area contributed by atoms with Crippen molar-refractivity contribution in [1.29, 1.82) is 0 Å². The minimum Gasteiger partial charge on any atom is -0.389 e. The molecule has 0 aromatic carbocycles. The van der Waals surface area contributed by atoms with Crippen LogP contribution in [-0.4, -0.2) is 48.8 Å². The first-order valence-electron chi connectivity index (χ1n) is 5.64. The SMILES string of the molecule is OC(CNCCSC(F)(F)F)COCC1CC1. The van der Waals surface area contributed by atoms with E-state index in [0.717, 1.165) is 0 Å². The number of thioether (sulfide) groups is 1. The maximum atomic E-state index is 11.8. The summed E-state index contributed by atoms with van der Waals surface area (Å²) in [5, 5.41) is 12.2. The molecule has 0 aromatic rings. The minimum absolute atomic E-state index is 0.0425. The van der Waals surface area contributed by atoms with Crippen LogP contribution in [0.2, 0.25) is 0 Å². The van der Waals surface area contributed by atoms with Crippen LogP contribution in [-0.2, 0) is 4.74 Å². The first-order valence-corrected chi connectivity index (χ1v) is 6.63. The van der Waals surface area contributed by atoms with E-state index >= 15 is 0 Å². The van der Waals surface area contributed by atoms with Crippen molar-refractivity contribution in [1.82, 2.24) is 5.32 Å². The molecule has 0 aliphatic heterocycles. The molecule has 0 spiro atoms. The molecule has 1 unspecified atom stereocenters. The zero-order valence-corrected chi connectivity index (χ0v) is 10.3. The molecule has 0 radical (unpaired) electrons. The van der Waals surface area contributed by atoms with E-state index in [4.69, 9.17) is 4.74 Å². The molecule has 0 saturated heterocycles. The first kappa shape index (κ1) is 15.1. The molecule has 102 valence electrons. The lowest BCUT2D eigenvalue weighted by Gasteiger charge is -2.12. The number of halogens is 3. The molecule has 1 fully saturated rings. The van der Waals surface area contributed by atoms with Crippen molar-refractivity contribution >= 4 is 11.8 Å². The van der Waals surface area contributed by atoms with Crippen molar-refractivity contribution in [2.24, 2.45) is 5.92 Å². The molecule has 1 atom stereocenters. The number of rotatable bonds is 9. The Morgan fingerprint density at radius 1 is 1.41 bits per heavy atom. The van der Waals surface area contributed by atoms with Crippen LogP contribution in [0.3, 0.4) is 0 Å². The van der Waals surface area contributed by atoms with Gasteiger partial charge in [0.2, 0.25) is 0 Å². The van der Waals surface area contributed by atoms with Crippen LogP contribution in [0.25, 0.3) is 0 Å². The van der Waals surface area contributed by atoms with Gasteiger partial charge in [0.1, 0.15) is 0 Å². The lowest BCUT2D eigenvalue weighted by atomic mass is 10.3. The number of ether oxygens (including phenoxy) is 1. The fraction of sp³-hybridized carbons (Fsp3) is 1.00. The van der Waals surface area contributed by atoms with Gasteiger partial charge in [-0.3, -0.25) is 0 Å². The summed E-state index contributed by atoms with van der Waals surface area (Å²) in [5.74, 6) is 0.609. The Morgan fingerprint density at radius 3 is 2.71 bits per heavy atom. The van der Waals surface area contributed by atoms with E-state index in [1.54, 1.807) is 0 Å². The summed E-state index contributed by atoms with van der Waals surface area (Å²) in [6.45, 7) is 1.42. The standard InChI is InChI=1S/C10H18F3NO2S/c11-10(12,13)17-4-3-14-5-9(15)7-16-6-8-1-2-8/h8-9,14-15H,1-7H2. The molecule has 1 rings (SSSR count). The van der Waals surface area contributed by atoms with Crippen LogP contribution in [0.1, 0.15) is 12.8 Å². The van der Waals surface area contributed by atoms with Gasteiger partial charge in [-0.15, -0.1) is 0 Å². The molecular formula is C10H18F3NO2S. The van der Waals surface area contributed by atoms with E-state index in [-0.39, 0.29) is 37.2 Å². The van der Waals surface area contributed by atoms with E-state index in [2.05, 4.69) is 5.32 Å². The summed E-state index contributed by atoms with van der Waals surface area (Å²) in [6.07, 6.45) is 1.75. The third-order valence-electron chi connectivity index (χ3n) is 2.29. The highest BCUT2D eigenvalue weighted by Gasteiger charge is 2.27. The summed E-state index contributed by atoms with van der Waals surface area (Å²) in [5.41, 5.74) is -4.17. The molecule has 2 N–H and O–H groups in total. The van der Waals surface area contributed by atoms with Gasteiger partial charge in [-0.25, -0.2) is 0 Å². The second kappa shape index (κ2) is 7.45. The van der Waals surface area contributed by atoms with Crippen molar-refractivity contribution < 1.29 is 23.0 Å². The van der Waals surface area contributed by atoms with Crippen LogP contribution < -0.4 is 5.32 Å². The molecule has 1 aliphatic carbocycles. The van der Waals surface area contributed by atoms with Gasteiger partial charge < -0.3 is 15.2 Å². The molecule has 17 heavy (non-hydrogen) atoms. The lowest BCUT2D eigenvalue weighted by molar-refractivity contribution is -0.0327. The Balaban J connectivity index is 1.83. The number of aliphatic hydroxyl groups excluding tert-OH is 1. The van der Waals surface area contributed by atoms with Gasteiger partial charge in [-0.2, -0.15) is 13.2 Å². The summed E-state index contributed by atoms with van der Waals surface area (Å²) in [6, 6.07) is 0. The molecule has 0 amide bonds. The third kappa shape index (κ3) is 9.70. The van der Waals surface area contributed by atoms with E-state index in [0.29, 0.717) is 12.5 Å². The second-order valence-electron chi connectivity index (χ2n) is 4.13. The maximum absolute atomic E-state index is 11.8. The fourth-order valence-electron chi connectivity index (χ4n) is 1.22. The van der Waals surface area contributed by atoms with E-state index in [1.165, 1.54) is 12.8 Å². The zero-order chi connectivity index (χ0) is 12.7. The number of aliphatic hydroxyl groups is 1. The van der Waals surface area contributed by atoms with Crippen molar-refractivity contribution in [3.63, 3.8) is 0 Å². The second-order valence-corrected chi connectivity index (χ2v) is 5.29. The number of hydrogen-bond acceptors (Lipinski definition) is 4. The molecule has 0 bridgehead atoms. The van der Waals surface area contributed by atoms with Crippen molar-refractivity contribution in [2.75, 3.05) is 32.1 Å². The van der Waals surface area contributed by atoms with E-state index in [1.807, 2.05) is 0 Å². The third-order valence-corrected chi connectivity index (χ3v) is 3.02. The van der Waals surface area contributed by atoms with Crippen LogP contribution in [0.4, 0.5) is 13.2 Å².